The number of ether oxygens (including phenoxy) is 1. The van der Waals surface area contributed by atoms with E-state index in [1.165, 1.54) is 0 Å². The van der Waals surface area contributed by atoms with E-state index in [0.717, 1.165) is 19.4 Å². The maximum Gasteiger partial charge on any atom is 0.126 e. The van der Waals surface area contributed by atoms with Gasteiger partial charge in [0.1, 0.15) is 12.4 Å². The first-order chi connectivity index (χ1) is 8.56. The lowest BCUT2D eigenvalue weighted by Gasteiger charge is -2.13. The van der Waals surface area contributed by atoms with Crippen LogP contribution in [0.15, 0.2) is 38.6 Å². The summed E-state index contributed by atoms with van der Waals surface area (Å²) < 4.78 is 7.78. The number of thiophene rings is 1. The standard InChI is InChI=1S/C13H12Br2O2S/c1-8(16)12-3-2-9(14)5-13(12)17-6-11-4-10(15)7-18-11/h2-5,7-8,16H,6H2,1H3. The molecule has 1 aromatic heterocycles. The van der Waals surface area contributed by atoms with Gasteiger partial charge in [-0.25, -0.2) is 0 Å². The first-order valence-electron chi connectivity index (χ1n) is 5.39. The Morgan fingerprint density at radius 1 is 1.28 bits per heavy atom. The summed E-state index contributed by atoms with van der Waals surface area (Å²) in [5, 5.41) is 11.7. The van der Waals surface area contributed by atoms with E-state index in [1.807, 2.05) is 29.6 Å². The van der Waals surface area contributed by atoms with Gasteiger partial charge < -0.3 is 9.84 Å². The van der Waals surface area contributed by atoms with Crippen molar-refractivity contribution in [2.75, 3.05) is 0 Å². The van der Waals surface area contributed by atoms with Gasteiger partial charge in [0.25, 0.3) is 0 Å². The largest absolute Gasteiger partial charge is 0.488 e. The molecule has 1 aromatic carbocycles. The fourth-order valence-corrected chi connectivity index (χ4v) is 3.26. The van der Waals surface area contributed by atoms with Crippen molar-refractivity contribution in [3.05, 3.63) is 49.0 Å². The fraction of sp³-hybridized carbons (Fsp3) is 0.231. The molecule has 0 saturated heterocycles. The minimum Gasteiger partial charge on any atom is -0.488 e. The number of hydrogen-bond donors (Lipinski definition) is 1. The van der Waals surface area contributed by atoms with Gasteiger partial charge in [-0.3, -0.25) is 0 Å². The molecule has 0 fully saturated rings. The number of rotatable bonds is 4. The zero-order valence-electron chi connectivity index (χ0n) is 9.69. The van der Waals surface area contributed by atoms with Gasteiger partial charge in [-0.2, -0.15) is 0 Å². The van der Waals surface area contributed by atoms with Crippen LogP contribution in [0.4, 0.5) is 0 Å². The lowest BCUT2D eigenvalue weighted by atomic mass is 10.1. The average Bonchev–Trinajstić information content (AvgIpc) is 2.72. The van der Waals surface area contributed by atoms with Gasteiger partial charge in [0, 0.05) is 24.8 Å². The lowest BCUT2D eigenvalue weighted by molar-refractivity contribution is 0.190. The molecule has 1 atom stereocenters. The molecule has 0 aliphatic heterocycles. The van der Waals surface area contributed by atoms with Crippen LogP contribution in [0.2, 0.25) is 0 Å². The minimum absolute atomic E-state index is 0.506. The van der Waals surface area contributed by atoms with Crippen LogP contribution in [0.1, 0.15) is 23.5 Å². The Bertz CT molecular complexity index is 538. The first-order valence-corrected chi connectivity index (χ1v) is 7.86. The van der Waals surface area contributed by atoms with Crippen molar-refractivity contribution in [1.29, 1.82) is 0 Å². The first kappa shape index (κ1) is 14.1. The van der Waals surface area contributed by atoms with Crippen molar-refractivity contribution in [2.24, 2.45) is 0 Å². The summed E-state index contributed by atoms with van der Waals surface area (Å²) in [5.74, 6) is 0.712. The van der Waals surface area contributed by atoms with Gasteiger partial charge in [-0.15, -0.1) is 11.3 Å². The third kappa shape index (κ3) is 3.57. The van der Waals surface area contributed by atoms with E-state index in [-0.39, 0.29) is 0 Å². The summed E-state index contributed by atoms with van der Waals surface area (Å²) in [5.41, 5.74) is 0.800. The number of hydrogen-bond acceptors (Lipinski definition) is 3. The second-order valence-electron chi connectivity index (χ2n) is 3.88. The molecule has 18 heavy (non-hydrogen) atoms. The van der Waals surface area contributed by atoms with Crippen LogP contribution in [-0.4, -0.2) is 5.11 Å². The average molecular weight is 392 g/mol. The topological polar surface area (TPSA) is 29.5 Å². The van der Waals surface area contributed by atoms with E-state index >= 15 is 0 Å². The molecule has 0 radical (unpaired) electrons. The molecule has 0 saturated carbocycles. The van der Waals surface area contributed by atoms with Gasteiger partial charge in [-0.05, 0) is 41.1 Å². The predicted molar refractivity (Wildman–Crippen MR) is 81.1 cm³/mol. The zero-order chi connectivity index (χ0) is 13.1. The SMILES string of the molecule is CC(O)c1ccc(Br)cc1OCc1cc(Br)cs1. The van der Waals surface area contributed by atoms with Gasteiger partial charge in [0.05, 0.1) is 6.10 Å². The van der Waals surface area contributed by atoms with Crippen LogP contribution in [0.25, 0.3) is 0 Å². The van der Waals surface area contributed by atoms with Gasteiger partial charge in [0.2, 0.25) is 0 Å². The zero-order valence-corrected chi connectivity index (χ0v) is 13.7. The highest BCUT2D eigenvalue weighted by atomic mass is 79.9. The summed E-state index contributed by atoms with van der Waals surface area (Å²) >= 11 is 8.47. The minimum atomic E-state index is -0.539. The molecule has 96 valence electrons. The molecule has 0 bridgehead atoms. The monoisotopic (exact) mass is 390 g/mol. The summed E-state index contributed by atoms with van der Waals surface area (Å²) in [7, 11) is 0. The van der Waals surface area contributed by atoms with E-state index in [9.17, 15) is 5.11 Å². The molecule has 2 rings (SSSR count). The third-order valence-electron chi connectivity index (χ3n) is 2.42. The van der Waals surface area contributed by atoms with Crippen molar-refractivity contribution in [3.63, 3.8) is 0 Å². The van der Waals surface area contributed by atoms with Crippen LogP contribution in [0.5, 0.6) is 5.75 Å². The molecule has 0 amide bonds. The number of halogens is 2. The van der Waals surface area contributed by atoms with Gasteiger partial charge >= 0.3 is 0 Å². The normalized spacial score (nSPS) is 12.4. The molecule has 2 aromatic rings. The van der Waals surface area contributed by atoms with Crippen molar-refractivity contribution < 1.29 is 9.84 Å². The highest BCUT2D eigenvalue weighted by molar-refractivity contribution is 9.10. The molecule has 1 unspecified atom stereocenters. The maximum atomic E-state index is 9.70. The molecule has 0 aliphatic carbocycles. The van der Waals surface area contributed by atoms with Crippen LogP contribution in [0.3, 0.4) is 0 Å². The molecule has 0 spiro atoms. The van der Waals surface area contributed by atoms with Gasteiger partial charge in [-0.1, -0.05) is 22.0 Å². The Kier molecular flexibility index (Phi) is 4.84. The maximum absolute atomic E-state index is 9.70. The Morgan fingerprint density at radius 3 is 2.67 bits per heavy atom. The van der Waals surface area contributed by atoms with Crippen molar-refractivity contribution >= 4 is 43.2 Å². The number of aliphatic hydroxyl groups is 1. The summed E-state index contributed by atoms with van der Waals surface area (Å²) in [4.78, 5) is 1.14. The van der Waals surface area contributed by atoms with Crippen molar-refractivity contribution in [2.45, 2.75) is 19.6 Å². The fourth-order valence-electron chi connectivity index (χ4n) is 1.56. The van der Waals surface area contributed by atoms with Crippen molar-refractivity contribution in [1.82, 2.24) is 0 Å². The molecule has 2 nitrogen and oxygen atoms in total. The van der Waals surface area contributed by atoms with E-state index < -0.39 is 6.10 Å². The second kappa shape index (κ2) is 6.19. The van der Waals surface area contributed by atoms with Gasteiger partial charge in [0.15, 0.2) is 0 Å². The highest BCUT2D eigenvalue weighted by Gasteiger charge is 2.10. The highest BCUT2D eigenvalue weighted by Crippen LogP contribution is 2.30. The Hall–Kier alpha value is -0.360. The van der Waals surface area contributed by atoms with Crippen LogP contribution in [-0.2, 0) is 6.61 Å². The second-order valence-corrected chi connectivity index (χ2v) is 6.71. The predicted octanol–water partition coefficient (Wildman–Crippen LogP) is 4.91. The number of benzene rings is 1. The molecular weight excluding hydrogens is 380 g/mol. The Balaban J connectivity index is 2.15. The molecule has 5 heteroatoms. The summed E-state index contributed by atoms with van der Waals surface area (Å²) in [6.07, 6.45) is -0.539. The summed E-state index contributed by atoms with van der Waals surface area (Å²) in [6.45, 7) is 2.24. The quantitative estimate of drug-likeness (QED) is 0.802. The molecule has 1 N–H and O–H groups in total. The Morgan fingerprint density at radius 2 is 2.06 bits per heavy atom. The molecule has 0 aliphatic rings. The Labute approximate surface area is 127 Å². The van der Waals surface area contributed by atoms with E-state index in [4.69, 9.17) is 4.74 Å². The summed E-state index contributed by atoms with van der Waals surface area (Å²) in [6, 6.07) is 7.68. The van der Waals surface area contributed by atoms with Crippen LogP contribution < -0.4 is 4.74 Å². The van der Waals surface area contributed by atoms with Crippen LogP contribution >= 0.6 is 43.2 Å². The number of aliphatic hydroxyl groups excluding tert-OH is 1. The lowest BCUT2D eigenvalue weighted by Crippen LogP contribution is -2.00. The van der Waals surface area contributed by atoms with E-state index in [0.29, 0.717) is 12.4 Å². The van der Waals surface area contributed by atoms with E-state index in [1.54, 1.807) is 18.3 Å². The van der Waals surface area contributed by atoms with Crippen molar-refractivity contribution in [3.8, 4) is 5.75 Å². The smallest absolute Gasteiger partial charge is 0.126 e. The van der Waals surface area contributed by atoms with E-state index in [2.05, 4.69) is 31.9 Å². The molecule has 1 heterocycles. The third-order valence-corrected chi connectivity index (χ3v) is 4.58. The van der Waals surface area contributed by atoms with Crippen LogP contribution in [0, 0.1) is 0 Å². The molecular formula is C13H12Br2O2S.